The maximum atomic E-state index is 3.90. The van der Waals surface area contributed by atoms with Gasteiger partial charge in [-0.05, 0) is 99.0 Å². The molecule has 0 saturated heterocycles. The molecular formula is C18H31N. The van der Waals surface area contributed by atoms with Crippen LogP contribution in [0.2, 0.25) is 0 Å². The highest BCUT2D eigenvalue weighted by Gasteiger charge is 2.46. The minimum atomic E-state index is 1.00. The van der Waals surface area contributed by atoms with Gasteiger partial charge in [0, 0.05) is 0 Å². The molecule has 0 amide bonds. The van der Waals surface area contributed by atoms with Crippen molar-refractivity contribution in [2.24, 2.45) is 47.3 Å². The van der Waals surface area contributed by atoms with E-state index in [0.717, 1.165) is 47.3 Å². The van der Waals surface area contributed by atoms with E-state index >= 15 is 0 Å². The van der Waals surface area contributed by atoms with E-state index in [4.69, 9.17) is 0 Å². The first-order valence-electron chi connectivity index (χ1n) is 8.94. The topological polar surface area (TPSA) is 12.0 Å². The van der Waals surface area contributed by atoms with Crippen LogP contribution < -0.4 is 5.32 Å². The second-order valence-electron chi connectivity index (χ2n) is 8.37. The zero-order valence-corrected chi connectivity index (χ0v) is 12.8. The first-order valence-corrected chi connectivity index (χ1v) is 8.94. The maximum Gasteiger partial charge on any atom is -0.00151 e. The zero-order valence-electron chi connectivity index (χ0n) is 12.8. The molecule has 1 heteroatoms. The third-order valence-electron chi connectivity index (χ3n) is 7.84. The highest BCUT2D eigenvalue weighted by molar-refractivity contribution is 4.97. The Labute approximate surface area is 118 Å². The number of rotatable bonds is 4. The Morgan fingerprint density at radius 2 is 1.11 bits per heavy atom. The molecule has 108 valence electrons. The largest absolute Gasteiger partial charge is 0.316 e. The molecule has 0 aliphatic heterocycles. The van der Waals surface area contributed by atoms with Crippen molar-refractivity contribution in [1.29, 1.82) is 0 Å². The Morgan fingerprint density at radius 1 is 0.684 bits per heavy atom. The first kappa shape index (κ1) is 12.7. The number of fused-ring (bicyclic) bond motifs is 4. The molecule has 0 heterocycles. The fraction of sp³-hybridized carbons (Fsp3) is 1.00. The average Bonchev–Trinajstić information content (AvgIpc) is 3.14. The summed E-state index contributed by atoms with van der Waals surface area (Å²) in [7, 11) is 0. The highest BCUT2D eigenvalue weighted by Crippen LogP contribution is 2.53. The van der Waals surface area contributed by atoms with Gasteiger partial charge < -0.3 is 5.32 Å². The summed E-state index contributed by atoms with van der Waals surface area (Å²) in [6.45, 7) is 7.69. The van der Waals surface area contributed by atoms with Crippen molar-refractivity contribution in [3.63, 3.8) is 0 Å². The van der Waals surface area contributed by atoms with Crippen LogP contribution in [0.15, 0.2) is 0 Å². The summed E-state index contributed by atoms with van der Waals surface area (Å²) in [6.07, 6.45) is 9.24. The summed E-state index contributed by atoms with van der Waals surface area (Å²) in [6, 6.07) is 0. The fourth-order valence-electron chi connectivity index (χ4n) is 6.52. The Morgan fingerprint density at radius 3 is 1.47 bits per heavy atom. The van der Waals surface area contributed by atoms with E-state index in [0.29, 0.717) is 0 Å². The minimum Gasteiger partial charge on any atom is -0.316 e. The van der Waals surface area contributed by atoms with Gasteiger partial charge in [-0.25, -0.2) is 0 Å². The molecule has 4 saturated carbocycles. The van der Waals surface area contributed by atoms with E-state index in [-0.39, 0.29) is 0 Å². The van der Waals surface area contributed by atoms with Gasteiger partial charge in [0.25, 0.3) is 0 Å². The maximum absolute atomic E-state index is 3.90. The lowest BCUT2D eigenvalue weighted by atomic mass is 9.79. The van der Waals surface area contributed by atoms with Crippen LogP contribution in [0.3, 0.4) is 0 Å². The second-order valence-corrected chi connectivity index (χ2v) is 8.37. The predicted molar refractivity (Wildman–Crippen MR) is 79.8 cm³/mol. The molecule has 1 N–H and O–H groups in total. The van der Waals surface area contributed by atoms with E-state index in [1.54, 1.807) is 12.8 Å². The fourth-order valence-corrected chi connectivity index (χ4v) is 6.52. The third-order valence-corrected chi connectivity index (χ3v) is 7.84. The van der Waals surface area contributed by atoms with E-state index in [2.05, 4.69) is 19.2 Å². The van der Waals surface area contributed by atoms with Crippen molar-refractivity contribution >= 4 is 0 Å². The molecule has 4 aliphatic carbocycles. The van der Waals surface area contributed by atoms with Crippen LogP contribution >= 0.6 is 0 Å². The minimum absolute atomic E-state index is 1.00. The van der Waals surface area contributed by atoms with Crippen LogP contribution in [0.1, 0.15) is 52.4 Å². The van der Waals surface area contributed by atoms with E-state index in [1.165, 1.54) is 38.8 Å². The SMILES string of the molecule is C[C@@H]1[C@H]2CC[C@@H](C2)[C@H]1CNC[C@H]1[C@H]2CC[C@@H](C2)[C@H]1C. The van der Waals surface area contributed by atoms with Gasteiger partial charge in [0.2, 0.25) is 0 Å². The summed E-state index contributed by atoms with van der Waals surface area (Å²) in [5.41, 5.74) is 0. The Bertz CT molecular complexity index is 303. The van der Waals surface area contributed by atoms with Crippen LogP contribution in [0.5, 0.6) is 0 Å². The molecule has 4 bridgehead atoms. The lowest BCUT2D eigenvalue weighted by molar-refractivity contribution is 0.202. The zero-order chi connectivity index (χ0) is 13.0. The van der Waals surface area contributed by atoms with Gasteiger partial charge in [0.05, 0.1) is 0 Å². The van der Waals surface area contributed by atoms with Crippen LogP contribution in [0.4, 0.5) is 0 Å². The van der Waals surface area contributed by atoms with Crippen molar-refractivity contribution in [1.82, 2.24) is 5.32 Å². The van der Waals surface area contributed by atoms with E-state index < -0.39 is 0 Å². The summed E-state index contributed by atoms with van der Waals surface area (Å²) in [5.74, 6) is 8.33. The lowest BCUT2D eigenvalue weighted by Crippen LogP contribution is -2.36. The van der Waals surface area contributed by atoms with Gasteiger partial charge in [-0.1, -0.05) is 13.8 Å². The van der Waals surface area contributed by atoms with Crippen molar-refractivity contribution in [2.45, 2.75) is 52.4 Å². The molecule has 0 radical (unpaired) electrons. The average molecular weight is 261 g/mol. The smallest absolute Gasteiger partial charge is 0.00151 e. The molecule has 4 rings (SSSR count). The Kier molecular flexibility index (Phi) is 3.17. The summed E-state index contributed by atoms with van der Waals surface area (Å²) < 4.78 is 0. The number of hydrogen-bond acceptors (Lipinski definition) is 1. The summed E-state index contributed by atoms with van der Waals surface area (Å²) in [5, 5.41) is 3.90. The van der Waals surface area contributed by atoms with Crippen LogP contribution in [-0.4, -0.2) is 13.1 Å². The van der Waals surface area contributed by atoms with Gasteiger partial charge in [0.1, 0.15) is 0 Å². The molecule has 0 aromatic heterocycles. The standard InChI is InChI=1S/C18H31N/c1-11-13-3-5-15(7-13)17(11)9-19-10-18-12(2)14-4-6-16(18)8-14/h11-19H,3-10H2,1-2H3/t11-,12-,13+,14+,15+,16+,17-,18+/m1/s1. The van der Waals surface area contributed by atoms with Gasteiger partial charge in [-0.3, -0.25) is 0 Å². The molecule has 0 spiro atoms. The van der Waals surface area contributed by atoms with E-state index in [1.807, 2.05) is 0 Å². The summed E-state index contributed by atoms with van der Waals surface area (Å²) >= 11 is 0. The van der Waals surface area contributed by atoms with Gasteiger partial charge in [0.15, 0.2) is 0 Å². The van der Waals surface area contributed by atoms with Crippen molar-refractivity contribution < 1.29 is 0 Å². The molecule has 1 nitrogen and oxygen atoms in total. The van der Waals surface area contributed by atoms with Gasteiger partial charge in [-0.2, -0.15) is 0 Å². The van der Waals surface area contributed by atoms with Gasteiger partial charge >= 0.3 is 0 Å². The van der Waals surface area contributed by atoms with Crippen molar-refractivity contribution in [3.05, 3.63) is 0 Å². The van der Waals surface area contributed by atoms with Gasteiger partial charge in [-0.15, -0.1) is 0 Å². The Hall–Kier alpha value is -0.0400. The van der Waals surface area contributed by atoms with Crippen LogP contribution in [-0.2, 0) is 0 Å². The third kappa shape index (κ3) is 1.99. The predicted octanol–water partition coefficient (Wildman–Crippen LogP) is 3.94. The van der Waals surface area contributed by atoms with Crippen LogP contribution in [0.25, 0.3) is 0 Å². The second kappa shape index (κ2) is 4.76. The quantitative estimate of drug-likeness (QED) is 0.808. The van der Waals surface area contributed by atoms with Crippen molar-refractivity contribution in [3.8, 4) is 0 Å². The molecule has 0 aromatic carbocycles. The number of nitrogens with one attached hydrogen (secondary N) is 1. The van der Waals surface area contributed by atoms with Crippen LogP contribution in [0, 0.1) is 47.3 Å². The monoisotopic (exact) mass is 261 g/mol. The van der Waals surface area contributed by atoms with E-state index in [9.17, 15) is 0 Å². The van der Waals surface area contributed by atoms with Crippen molar-refractivity contribution in [2.75, 3.05) is 13.1 Å². The molecule has 4 aliphatic rings. The summed E-state index contributed by atoms with van der Waals surface area (Å²) in [4.78, 5) is 0. The molecular weight excluding hydrogens is 230 g/mol. The lowest BCUT2D eigenvalue weighted by Gasteiger charge is -2.32. The highest BCUT2D eigenvalue weighted by atomic mass is 14.9. The Balaban J connectivity index is 1.28. The molecule has 0 aromatic rings. The first-order chi connectivity index (χ1) is 9.24. The molecule has 4 fully saturated rings. The normalized spacial score (nSPS) is 55.3. The molecule has 19 heavy (non-hydrogen) atoms. The number of hydrogen-bond donors (Lipinski definition) is 1. The molecule has 8 atom stereocenters. The molecule has 0 unspecified atom stereocenters.